The van der Waals surface area contributed by atoms with E-state index in [1.54, 1.807) is 0 Å². The summed E-state index contributed by atoms with van der Waals surface area (Å²) in [6, 6.07) is 10.6. The molecule has 0 aromatic heterocycles. The third kappa shape index (κ3) is 2.53. The zero-order valence-electron chi connectivity index (χ0n) is 6.41. The van der Waals surface area contributed by atoms with Crippen LogP contribution < -0.4 is 4.43 Å². The zero-order chi connectivity index (χ0) is 7.40. The van der Waals surface area contributed by atoms with Crippen LogP contribution >= 0.6 is 0 Å². The first-order valence-electron chi connectivity index (χ1n) is 3.35. The zero-order valence-corrected chi connectivity index (χ0v) is 7.57. The van der Waals surface area contributed by atoms with Gasteiger partial charge in [0, 0.05) is 0 Å². The molecule has 0 aliphatic rings. The number of rotatable bonds is 2. The molecule has 0 amide bonds. The molecule has 1 rings (SSSR count). The summed E-state index contributed by atoms with van der Waals surface area (Å²) in [4.78, 5) is 0. The lowest BCUT2D eigenvalue weighted by molar-refractivity contribution is 0.669. The molecule has 0 N–H and O–H groups in total. The molecule has 0 aliphatic heterocycles. The predicted octanol–water partition coefficient (Wildman–Crippen LogP) is 0.493. The van der Waals surface area contributed by atoms with Crippen LogP contribution in [0.25, 0.3) is 0 Å². The van der Waals surface area contributed by atoms with E-state index in [1.807, 2.05) is 0 Å². The van der Waals surface area contributed by atoms with Crippen molar-refractivity contribution >= 4 is 19.9 Å². The highest BCUT2D eigenvalue weighted by Gasteiger charge is 1.96. The van der Waals surface area contributed by atoms with E-state index < -0.39 is 0 Å². The fraction of sp³-hybridized carbons (Fsp3) is 0.250. The van der Waals surface area contributed by atoms with Gasteiger partial charge in [0.25, 0.3) is 0 Å². The average Bonchev–Trinajstić information content (AvgIpc) is 1.88. The number of hydrogen-bond acceptors (Lipinski definition) is 1. The highest BCUT2D eigenvalue weighted by Crippen LogP contribution is 1.81. The Balaban J connectivity index is 2.59. The van der Waals surface area contributed by atoms with Crippen LogP contribution in [-0.2, 0) is 0 Å². The first kappa shape index (κ1) is 7.82. The van der Waals surface area contributed by atoms with Crippen LogP contribution in [-0.4, -0.2) is 33.4 Å². The Bertz CT molecular complexity index is 184. The van der Waals surface area contributed by atoms with Crippen LogP contribution in [0.1, 0.15) is 0 Å². The van der Waals surface area contributed by atoms with Gasteiger partial charge in [0.05, 0.1) is 0 Å². The molecule has 0 aliphatic carbocycles. The average molecular weight is 148 g/mol. The van der Waals surface area contributed by atoms with Crippen molar-refractivity contribution in [3.05, 3.63) is 30.3 Å². The minimum absolute atomic E-state index is 0.325. The van der Waals surface area contributed by atoms with Gasteiger partial charge in [-0.3, -0.25) is 0 Å². The summed E-state index contributed by atoms with van der Waals surface area (Å²) in [6.07, 6.45) is 0. The number of nitrogens with zero attached hydrogens (tertiary/aromatic N) is 1. The first-order valence-corrected chi connectivity index (χ1v) is 4.45. The van der Waals surface area contributed by atoms with E-state index in [0.29, 0.717) is 15.4 Å². The standard InChI is InChI=1S/C6H5.C2H6N.Al/c1-2-4-6-5-3-1;1-3-2;/h1-5H;1-2H3;/q;-1;+1. The first-order chi connectivity index (χ1) is 4.79. The molecule has 0 spiro atoms. The van der Waals surface area contributed by atoms with Crippen molar-refractivity contribution in [2.24, 2.45) is 0 Å². The van der Waals surface area contributed by atoms with Gasteiger partial charge in [-0.25, -0.2) is 0 Å². The molecule has 10 heavy (non-hydrogen) atoms. The van der Waals surface area contributed by atoms with Crippen molar-refractivity contribution < 1.29 is 0 Å². The topological polar surface area (TPSA) is 3.24 Å². The molecular formula is C8H11AlN. The highest BCUT2D eigenvalue weighted by molar-refractivity contribution is 6.50. The van der Waals surface area contributed by atoms with Crippen LogP contribution in [0.4, 0.5) is 0 Å². The molecule has 51 valence electrons. The summed E-state index contributed by atoms with van der Waals surface area (Å²) in [5.41, 5.74) is 0. The number of benzene rings is 1. The molecule has 0 saturated carbocycles. The molecule has 0 saturated heterocycles. The van der Waals surface area contributed by atoms with E-state index >= 15 is 0 Å². The normalized spacial score (nSPS) is 9.90. The molecule has 0 atom stereocenters. The molecule has 0 fully saturated rings. The second-order valence-corrected chi connectivity index (χ2v) is 4.46. The van der Waals surface area contributed by atoms with Gasteiger partial charge in [-0.05, 0) is 14.1 Å². The molecule has 1 nitrogen and oxygen atoms in total. The maximum absolute atomic E-state index is 2.25. The fourth-order valence-electron chi connectivity index (χ4n) is 0.837. The largest absolute Gasteiger partial charge is 0.393 e. The molecule has 1 radical (unpaired) electrons. The molecule has 1 aromatic rings. The summed E-state index contributed by atoms with van der Waals surface area (Å²) in [5.74, 6) is 0. The van der Waals surface area contributed by atoms with Crippen molar-refractivity contribution in [2.45, 2.75) is 0 Å². The summed E-state index contributed by atoms with van der Waals surface area (Å²) in [5, 5.41) is 0. The van der Waals surface area contributed by atoms with Gasteiger partial charge in [0.15, 0.2) is 0 Å². The predicted molar refractivity (Wildman–Crippen MR) is 45.5 cm³/mol. The molecular weight excluding hydrogens is 137 g/mol. The van der Waals surface area contributed by atoms with Crippen molar-refractivity contribution in [1.29, 1.82) is 0 Å². The van der Waals surface area contributed by atoms with Crippen LogP contribution in [0.15, 0.2) is 30.3 Å². The van der Waals surface area contributed by atoms with E-state index in [1.165, 1.54) is 4.43 Å². The number of hydrogen-bond donors (Lipinski definition) is 0. The summed E-state index contributed by atoms with van der Waals surface area (Å²) >= 11 is 0.325. The van der Waals surface area contributed by atoms with Crippen LogP contribution in [0.2, 0.25) is 0 Å². The van der Waals surface area contributed by atoms with E-state index in [-0.39, 0.29) is 0 Å². The van der Waals surface area contributed by atoms with E-state index in [2.05, 4.69) is 48.3 Å². The van der Waals surface area contributed by atoms with E-state index in [9.17, 15) is 0 Å². The Kier molecular flexibility index (Phi) is 2.95. The van der Waals surface area contributed by atoms with Crippen LogP contribution in [0.3, 0.4) is 0 Å². The van der Waals surface area contributed by atoms with E-state index in [4.69, 9.17) is 0 Å². The SMILES string of the molecule is C[N](C)[Al][c]1ccccc1. The van der Waals surface area contributed by atoms with Crippen LogP contribution in [0.5, 0.6) is 0 Å². The third-order valence-electron chi connectivity index (χ3n) is 1.21. The Morgan fingerprint density at radius 1 is 1.10 bits per heavy atom. The Hall–Kier alpha value is -0.288. The van der Waals surface area contributed by atoms with Crippen molar-refractivity contribution in [2.75, 3.05) is 14.1 Å². The Morgan fingerprint density at radius 2 is 1.70 bits per heavy atom. The monoisotopic (exact) mass is 148 g/mol. The minimum atomic E-state index is 0.325. The quantitative estimate of drug-likeness (QED) is 0.552. The molecule has 0 bridgehead atoms. The van der Waals surface area contributed by atoms with Crippen molar-refractivity contribution in [3.8, 4) is 0 Å². The molecule has 0 heterocycles. The Labute approximate surface area is 68.6 Å². The van der Waals surface area contributed by atoms with Gasteiger partial charge >= 0.3 is 15.4 Å². The maximum Gasteiger partial charge on any atom is 0.368 e. The lowest BCUT2D eigenvalue weighted by Crippen LogP contribution is -2.28. The summed E-state index contributed by atoms with van der Waals surface area (Å²) in [7, 11) is 4.23. The van der Waals surface area contributed by atoms with Crippen molar-refractivity contribution in [3.63, 3.8) is 0 Å². The van der Waals surface area contributed by atoms with E-state index in [0.717, 1.165) is 0 Å². The maximum atomic E-state index is 2.25. The smallest absolute Gasteiger partial charge is 0.368 e. The lowest BCUT2D eigenvalue weighted by atomic mass is 10.4. The fourth-order valence-corrected chi connectivity index (χ4v) is 1.83. The summed E-state index contributed by atoms with van der Waals surface area (Å²) < 4.78 is 3.70. The van der Waals surface area contributed by atoms with Gasteiger partial charge < -0.3 is 3.88 Å². The molecule has 1 aromatic carbocycles. The van der Waals surface area contributed by atoms with Gasteiger partial charge in [-0.2, -0.15) is 0 Å². The van der Waals surface area contributed by atoms with Gasteiger partial charge in [-0.1, -0.05) is 30.3 Å². The minimum Gasteiger partial charge on any atom is -0.393 e. The second kappa shape index (κ2) is 3.78. The second-order valence-electron chi connectivity index (χ2n) is 2.50. The Morgan fingerprint density at radius 3 is 2.20 bits per heavy atom. The molecule has 0 unspecified atom stereocenters. The van der Waals surface area contributed by atoms with Gasteiger partial charge in [0.2, 0.25) is 0 Å². The summed E-state index contributed by atoms with van der Waals surface area (Å²) in [6.45, 7) is 0. The van der Waals surface area contributed by atoms with Crippen LogP contribution in [0, 0.1) is 0 Å². The lowest BCUT2D eigenvalue weighted by Gasteiger charge is -2.06. The van der Waals surface area contributed by atoms with Crippen molar-refractivity contribution in [1.82, 2.24) is 3.88 Å². The van der Waals surface area contributed by atoms with Gasteiger partial charge in [-0.15, -0.1) is 4.43 Å². The molecule has 2 heteroatoms. The van der Waals surface area contributed by atoms with Gasteiger partial charge in [0.1, 0.15) is 0 Å². The highest BCUT2D eigenvalue weighted by atomic mass is 27.1. The third-order valence-corrected chi connectivity index (χ3v) is 2.41.